The van der Waals surface area contributed by atoms with E-state index in [0.717, 1.165) is 23.0 Å². The molecule has 1 aromatic carbocycles. The van der Waals surface area contributed by atoms with Crippen LogP contribution in [-0.2, 0) is 18.2 Å². The smallest absolute Gasteiger partial charge is 0.202 e. The Hall–Kier alpha value is -2.17. The van der Waals surface area contributed by atoms with Crippen LogP contribution in [-0.4, -0.2) is 29.0 Å². The van der Waals surface area contributed by atoms with E-state index in [-0.39, 0.29) is 5.78 Å². The normalized spacial score (nSPS) is 10.2. The molecule has 0 N–H and O–H groups in total. The summed E-state index contributed by atoms with van der Waals surface area (Å²) in [6, 6.07) is 7.79. The first-order chi connectivity index (χ1) is 9.13. The fourth-order valence-corrected chi connectivity index (χ4v) is 2.02. The van der Waals surface area contributed by atoms with Crippen molar-refractivity contribution in [3.63, 3.8) is 0 Å². The van der Waals surface area contributed by atoms with Crippen LogP contribution in [0.1, 0.15) is 22.8 Å². The van der Waals surface area contributed by atoms with Crippen molar-refractivity contribution in [2.45, 2.75) is 13.2 Å². The standard InChI is InChI=1S/C14H14BN2O2/c1-10(19)13-8-16-17(2)14(13)12-5-3-11(4-6-12)7-15-9-18/h3-6,8-9H,7H2,1-2H3. The molecule has 2 rings (SSSR count). The topological polar surface area (TPSA) is 52.0 Å². The van der Waals surface area contributed by atoms with Crippen LogP contribution in [0.4, 0.5) is 0 Å². The molecule has 0 unspecified atom stereocenters. The van der Waals surface area contributed by atoms with E-state index in [4.69, 9.17) is 0 Å². The number of nitrogens with zero attached hydrogens (tertiary/aromatic N) is 2. The minimum atomic E-state index is 0.00136. The second-order valence-corrected chi connectivity index (χ2v) is 4.36. The highest BCUT2D eigenvalue weighted by molar-refractivity contribution is 6.66. The van der Waals surface area contributed by atoms with Crippen molar-refractivity contribution >= 4 is 19.2 Å². The van der Waals surface area contributed by atoms with Crippen molar-refractivity contribution in [1.29, 1.82) is 0 Å². The average Bonchev–Trinajstić information content (AvgIpc) is 2.79. The van der Waals surface area contributed by atoms with Gasteiger partial charge >= 0.3 is 0 Å². The van der Waals surface area contributed by atoms with Gasteiger partial charge in [-0.3, -0.25) is 9.48 Å². The predicted molar refractivity (Wildman–Crippen MR) is 74.9 cm³/mol. The van der Waals surface area contributed by atoms with Crippen molar-refractivity contribution in [3.05, 3.63) is 41.6 Å². The molecule has 0 fully saturated rings. The number of carbonyl (C=O) groups excluding carboxylic acids is 2. The zero-order valence-corrected chi connectivity index (χ0v) is 11.0. The van der Waals surface area contributed by atoms with E-state index in [1.807, 2.05) is 31.3 Å². The predicted octanol–water partition coefficient (Wildman–Crippen LogP) is 1.68. The van der Waals surface area contributed by atoms with Crippen molar-refractivity contribution in [2.75, 3.05) is 0 Å². The zero-order chi connectivity index (χ0) is 13.8. The summed E-state index contributed by atoms with van der Waals surface area (Å²) in [5.41, 5.74) is 3.44. The number of carbonyl (C=O) groups is 2. The summed E-state index contributed by atoms with van der Waals surface area (Å²) in [7, 11) is 3.38. The van der Waals surface area contributed by atoms with E-state index in [2.05, 4.69) is 5.10 Å². The Morgan fingerprint density at radius 3 is 2.63 bits per heavy atom. The first kappa shape index (κ1) is 13.3. The molecule has 0 aliphatic carbocycles. The van der Waals surface area contributed by atoms with Gasteiger partial charge in [0.05, 0.1) is 23.6 Å². The molecule has 0 saturated heterocycles. The van der Waals surface area contributed by atoms with Gasteiger partial charge in [-0.2, -0.15) is 5.10 Å². The van der Waals surface area contributed by atoms with Crippen LogP contribution in [0.25, 0.3) is 11.3 Å². The first-order valence-corrected chi connectivity index (χ1v) is 6.02. The summed E-state index contributed by atoms with van der Waals surface area (Å²) in [5, 5.41) is 4.13. The number of aryl methyl sites for hydroxylation is 1. The van der Waals surface area contributed by atoms with Crippen LogP contribution in [0.3, 0.4) is 0 Å². The van der Waals surface area contributed by atoms with Crippen LogP contribution in [0.5, 0.6) is 0 Å². The lowest BCUT2D eigenvalue weighted by Gasteiger charge is -2.06. The molecule has 0 saturated carbocycles. The first-order valence-electron chi connectivity index (χ1n) is 6.02. The van der Waals surface area contributed by atoms with Crippen molar-refractivity contribution < 1.29 is 9.59 Å². The highest BCUT2D eigenvalue weighted by Gasteiger charge is 2.14. The number of hydrogen-bond donors (Lipinski definition) is 0. The van der Waals surface area contributed by atoms with Gasteiger partial charge in [0.2, 0.25) is 7.28 Å². The SMILES string of the molecule is CC(=O)c1cnn(C)c1-c1ccc(C[B]C=O)cc1. The molecule has 1 heterocycles. The van der Waals surface area contributed by atoms with Crippen LogP contribution < -0.4 is 0 Å². The summed E-state index contributed by atoms with van der Waals surface area (Å²) in [6.45, 7) is 1.54. The lowest BCUT2D eigenvalue weighted by molar-refractivity contribution is 0.101. The Bertz CT molecular complexity index is 602. The van der Waals surface area contributed by atoms with Gasteiger partial charge in [0.25, 0.3) is 0 Å². The number of aromatic nitrogens is 2. The summed E-state index contributed by atoms with van der Waals surface area (Å²) >= 11 is 0. The molecular formula is C14H14BN2O2. The summed E-state index contributed by atoms with van der Waals surface area (Å²) < 4.78 is 1.70. The monoisotopic (exact) mass is 253 g/mol. The van der Waals surface area contributed by atoms with Crippen molar-refractivity contribution in [3.8, 4) is 11.3 Å². The second-order valence-electron chi connectivity index (χ2n) is 4.36. The van der Waals surface area contributed by atoms with E-state index in [0.29, 0.717) is 11.9 Å². The molecule has 19 heavy (non-hydrogen) atoms. The molecule has 1 aromatic heterocycles. The maximum Gasteiger partial charge on any atom is 0.202 e. The van der Waals surface area contributed by atoms with E-state index in [9.17, 15) is 9.59 Å². The van der Waals surface area contributed by atoms with Gasteiger partial charge in [-0.05, 0) is 13.2 Å². The molecule has 1 radical (unpaired) electrons. The van der Waals surface area contributed by atoms with Crippen LogP contribution in [0.15, 0.2) is 30.5 Å². The Morgan fingerprint density at radius 1 is 1.37 bits per heavy atom. The van der Waals surface area contributed by atoms with Gasteiger partial charge in [0.15, 0.2) is 5.78 Å². The molecule has 5 heteroatoms. The van der Waals surface area contributed by atoms with Crippen molar-refractivity contribution in [1.82, 2.24) is 9.78 Å². The molecule has 0 amide bonds. The molecule has 4 nitrogen and oxygen atoms in total. The fraction of sp³-hybridized carbons (Fsp3) is 0.214. The maximum absolute atomic E-state index is 11.6. The minimum Gasteiger partial charge on any atom is -0.316 e. The maximum atomic E-state index is 11.6. The molecular weight excluding hydrogens is 239 g/mol. The number of hydrogen-bond acceptors (Lipinski definition) is 3. The third-order valence-corrected chi connectivity index (χ3v) is 3.00. The largest absolute Gasteiger partial charge is 0.316 e. The molecule has 0 spiro atoms. The van der Waals surface area contributed by atoms with Crippen LogP contribution in [0, 0.1) is 0 Å². The van der Waals surface area contributed by atoms with Gasteiger partial charge in [-0.1, -0.05) is 29.8 Å². The highest BCUT2D eigenvalue weighted by atomic mass is 16.1. The van der Waals surface area contributed by atoms with E-state index >= 15 is 0 Å². The third-order valence-electron chi connectivity index (χ3n) is 3.00. The molecule has 0 aliphatic heterocycles. The van der Waals surface area contributed by atoms with E-state index < -0.39 is 0 Å². The minimum absolute atomic E-state index is 0.00136. The average molecular weight is 253 g/mol. The Kier molecular flexibility index (Phi) is 3.95. The molecule has 2 aromatic rings. The van der Waals surface area contributed by atoms with Crippen LogP contribution in [0.2, 0.25) is 0 Å². The third kappa shape index (κ3) is 2.81. The quantitative estimate of drug-likeness (QED) is 0.462. The Morgan fingerprint density at radius 2 is 2.05 bits per heavy atom. The summed E-state index contributed by atoms with van der Waals surface area (Å²) in [4.78, 5) is 21.9. The van der Waals surface area contributed by atoms with Crippen LogP contribution >= 0.6 is 0 Å². The lowest BCUT2D eigenvalue weighted by Crippen LogP contribution is -2.00. The van der Waals surface area contributed by atoms with Crippen molar-refractivity contribution in [2.24, 2.45) is 7.05 Å². The fourth-order valence-electron chi connectivity index (χ4n) is 2.02. The molecule has 0 bridgehead atoms. The Balaban J connectivity index is 2.34. The lowest BCUT2D eigenvalue weighted by atomic mass is 9.74. The van der Waals surface area contributed by atoms with E-state index in [1.165, 1.54) is 6.92 Å². The summed E-state index contributed by atoms with van der Waals surface area (Å²) in [5.74, 6) is 0.00136. The highest BCUT2D eigenvalue weighted by Crippen LogP contribution is 2.23. The van der Waals surface area contributed by atoms with E-state index in [1.54, 1.807) is 18.2 Å². The van der Waals surface area contributed by atoms with Gasteiger partial charge in [0, 0.05) is 12.6 Å². The Labute approximate surface area is 112 Å². The van der Waals surface area contributed by atoms with Gasteiger partial charge < -0.3 is 4.79 Å². The second kappa shape index (κ2) is 5.65. The van der Waals surface area contributed by atoms with Gasteiger partial charge in [-0.25, -0.2) is 0 Å². The number of benzene rings is 1. The number of Topliss-reactive ketones (excluding diaryl/α,β-unsaturated/α-hetero) is 1. The number of rotatable bonds is 5. The molecule has 0 atom stereocenters. The van der Waals surface area contributed by atoms with Gasteiger partial charge in [-0.15, -0.1) is 0 Å². The van der Waals surface area contributed by atoms with Gasteiger partial charge in [0.1, 0.15) is 0 Å². The summed E-state index contributed by atoms with van der Waals surface area (Å²) in [6.07, 6.45) is 3.00. The zero-order valence-electron chi connectivity index (χ0n) is 11.0. The number of ketones is 1. The molecule has 0 aliphatic rings. The molecule has 95 valence electrons.